The topological polar surface area (TPSA) is 124 Å². The van der Waals surface area contributed by atoms with E-state index in [0.29, 0.717) is 55.4 Å². The van der Waals surface area contributed by atoms with Gasteiger partial charge in [-0.2, -0.15) is 0 Å². The van der Waals surface area contributed by atoms with Crippen molar-refractivity contribution in [2.45, 2.75) is 76.8 Å². The Morgan fingerprint density at radius 3 is 2.81 bits per heavy atom. The Morgan fingerprint density at radius 2 is 2.00 bits per heavy atom. The zero-order valence-electron chi connectivity index (χ0n) is 27.4. The number of benzene rings is 1. The van der Waals surface area contributed by atoms with Gasteiger partial charge in [-0.05, 0) is 75.4 Å². The van der Waals surface area contributed by atoms with E-state index in [2.05, 4.69) is 37.2 Å². The average Bonchev–Trinajstić information content (AvgIpc) is 3.63. The molecule has 1 saturated heterocycles. The molecule has 1 aliphatic carbocycles. The number of ether oxygens (including phenoxy) is 2. The number of fused-ring (bicyclic) bond motifs is 3. The van der Waals surface area contributed by atoms with Crippen LogP contribution in [0.5, 0.6) is 5.75 Å². The second kappa shape index (κ2) is 13.2. The molecule has 3 N–H and O–H groups in total. The maximum absolute atomic E-state index is 14.6. The zero-order chi connectivity index (χ0) is 32.7. The summed E-state index contributed by atoms with van der Waals surface area (Å²) in [6.07, 6.45) is 4.44. The number of carbonyl (C=O) groups is 2. The fraction of sp³-hybridized carbons (Fsp3) is 0.543. The molecule has 7 rings (SSSR count). The minimum Gasteiger partial charge on any atom is -0.494 e. The van der Waals surface area contributed by atoms with E-state index in [0.717, 1.165) is 72.4 Å². The van der Waals surface area contributed by atoms with Gasteiger partial charge < -0.3 is 34.6 Å². The van der Waals surface area contributed by atoms with E-state index in [-0.39, 0.29) is 23.8 Å². The quantitative estimate of drug-likeness (QED) is 0.270. The van der Waals surface area contributed by atoms with Crippen molar-refractivity contribution in [2.24, 2.45) is 11.8 Å². The molecule has 250 valence electrons. The van der Waals surface area contributed by atoms with Crippen molar-refractivity contribution in [2.75, 3.05) is 33.9 Å². The lowest BCUT2D eigenvalue weighted by Gasteiger charge is -2.27. The van der Waals surface area contributed by atoms with Crippen LogP contribution in [0.4, 0.5) is 4.39 Å². The van der Waals surface area contributed by atoms with Gasteiger partial charge in [0.2, 0.25) is 5.91 Å². The molecule has 2 bridgehead atoms. The Bertz CT molecular complexity index is 1800. The molecule has 2 aliphatic heterocycles. The molecule has 0 radical (unpaired) electrons. The minimum absolute atomic E-state index is 0.131. The van der Waals surface area contributed by atoms with Crippen molar-refractivity contribution < 1.29 is 23.5 Å². The summed E-state index contributed by atoms with van der Waals surface area (Å²) < 4.78 is 30.2. The maximum Gasteiger partial charge on any atom is 0.251 e. The third-order valence-electron chi connectivity index (χ3n) is 10.0. The lowest BCUT2D eigenvalue weighted by molar-refractivity contribution is -0.123. The van der Waals surface area contributed by atoms with Gasteiger partial charge in [0.05, 0.1) is 42.7 Å². The summed E-state index contributed by atoms with van der Waals surface area (Å²) in [7, 11) is 3.24. The number of nitrogens with zero attached hydrogens (tertiary/aromatic N) is 4. The highest BCUT2D eigenvalue weighted by atomic mass is 19.1. The summed E-state index contributed by atoms with van der Waals surface area (Å²) in [4.78, 5) is 36.5. The predicted molar refractivity (Wildman–Crippen MR) is 177 cm³/mol. The molecule has 47 heavy (non-hydrogen) atoms. The number of hydrogen-bond donors (Lipinski definition) is 3. The maximum atomic E-state index is 14.6. The van der Waals surface area contributed by atoms with Gasteiger partial charge >= 0.3 is 0 Å². The smallest absolute Gasteiger partial charge is 0.251 e. The third-order valence-corrected chi connectivity index (χ3v) is 10.0. The normalized spacial score (nSPS) is 24.9. The van der Waals surface area contributed by atoms with Crippen LogP contribution in [0, 0.1) is 11.8 Å². The number of alkyl halides is 1. The van der Waals surface area contributed by atoms with Crippen molar-refractivity contribution in [3.8, 4) is 17.3 Å². The van der Waals surface area contributed by atoms with Crippen LogP contribution in [0.3, 0.4) is 0 Å². The van der Waals surface area contributed by atoms with E-state index in [1.807, 2.05) is 13.0 Å². The number of aryl methyl sites for hydroxylation is 1. The molecule has 1 saturated carbocycles. The van der Waals surface area contributed by atoms with Crippen molar-refractivity contribution in [1.29, 1.82) is 0 Å². The molecule has 5 atom stereocenters. The van der Waals surface area contributed by atoms with Gasteiger partial charge in [-0.25, -0.2) is 14.4 Å². The number of methoxy groups -OCH3 is 2. The fourth-order valence-corrected chi connectivity index (χ4v) is 7.26. The van der Waals surface area contributed by atoms with Crippen LogP contribution in [0.25, 0.3) is 33.6 Å². The molecule has 2 fully saturated rings. The fourth-order valence-electron chi connectivity index (χ4n) is 7.26. The van der Waals surface area contributed by atoms with Gasteiger partial charge in [-0.15, -0.1) is 0 Å². The van der Waals surface area contributed by atoms with Crippen LogP contribution in [0.1, 0.15) is 67.5 Å². The summed E-state index contributed by atoms with van der Waals surface area (Å²) in [5, 5.41) is 10.2. The molecule has 3 aliphatic rings. The zero-order valence-corrected chi connectivity index (χ0v) is 27.4. The van der Waals surface area contributed by atoms with E-state index < -0.39 is 12.2 Å². The number of amides is 2. The molecule has 1 aromatic carbocycles. The highest BCUT2D eigenvalue weighted by Crippen LogP contribution is 2.43. The molecule has 12 heteroatoms. The molecule has 2 amide bonds. The number of carbonyl (C=O) groups excluding carboxylic acids is 2. The van der Waals surface area contributed by atoms with Crippen LogP contribution in [-0.2, 0) is 22.6 Å². The number of piperidine rings is 1. The van der Waals surface area contributed by atoms with Crippen LogP contribution < -0.4 is 20.7 Å². The number of hydrogen-bond acceptors (Lipinski definition) is 7. The van der Waals surface area contributed by atoms with Crippen molar-refractivity contribution in [3.05, 3.63) is 41.6 Å². The number of pyridine rings is 1. The summed E-state index contributed by atoms with van der Waals surface area (Å²) in [5.74, 6) is 1.60. The molecule has 0 spiro atoms. The van der Waals surface area contributed by atoms with Gasteiger partial charge in [-0.1, -0.05) is 12.8 Å². The van der Waals surface area contributed by atoms with Crippen LogP contribution in [0.2, 0.25) is 0 Å². The highest BCUT2D eigenvalue weighted by Gasteiger charge is 2.42. The van der Waals surface area contributed by atoms with Crippen molar-refractivity contribution in [1.82, 2.24) is 35.1 Å². The summed E-state index contributed by atoms with van der Waals surface area (Å²) in [5.41, 5.74) is 4.28. The first-order valence-electron chi connectivity index (χ1n) is 16.9. The predicted octanol–water partition coefficient (Wildman–Crippen LogP) is 4.53. The van der Waals surface area contributed by atoms with Crippen molar-refractivity contribution >= 4 is 33.9 Å². The Balaban J connectivity index is 1.32. The van der Waals surface area contributed by atoms with E-state index in [9.17, 15) is 14.0 Å². The largest absolute Gasteiger partial charge is 0.494 e. The first-order valence-corrected chi connectivity index (χ1v) is 16.9. The SMILES string of the molecule is COCCn1c(-c2cc3ccc4nc3n2CCCCC[C@@H]2C[C@H]2C(=O)N[C@@H]4C)nc2cc(C(=O)N[C@H]3CNCC[C@@H]3F)cc(OC)c21. The van der Waals surface area contributed by atoms with E-state index >= 15 is 0 Å². The molecule has 3 aromatic heterocycles. The number of rotatable bonds is 7. The molecule has 5 heterocycles. The average molecular weight is 646 g/mol. The van der Waals surface area contributed by atoms with E-state index in [4.69, 9.17) is 19.4 Å². The number of imidazole rings is 1. The second-order valence-corrected chi connectivity index (χ2v) is 13.2. The first-order chi connectivity index (χ1) is 22.9. The Morgan fingerprint density at radius 1 is 1.13 bits per heavy atom. The Hall–Kier alpha value is -4.03. The third kappa shape index (κ3) is 6.20. The number of halogens is 1. The van der Waals surface area contributed by atoms with Gasteiger partial charge in [-0.3, -0.25) is 9.59 Å². The Labute approximate surface area is 273 Å². The molecule has 4 aromatic rings. The molecule has 0 unspecified atom stereocenters. The van der Waals surface area contributed by atoms with Gasteiger partial charge in [0.1, 0.15) is 23.1 Å². The minimum atomic E-state index is -1.10. The standard InChI is InChI=1S/C35H44FN7O4/c1-20-26-9-8-22-17-29(42(32(22)39-26)12-6-4-5-7-21-15-24(21)35(45)38-20)33-40-27-16-23(34(44)41-28-19-37-11-10-25(28)36)18-30(47-3)31(27)43(33)13-14-46-2/h8-9,16-18,20-21,24-25,28,37H,4-7,10-15,19H2,1-3H3,(H,38,45)(H,41,44)/t20-,21-,24-,25+,28+/m1/s1. The monoisotopic (exact) mass is 645 g/mol. The van der Waals surface area contributed by atoms with Gasteiger partial charge in [0.15, 0.2) is 5.82 Å². The first kappa shape index (κ1) is 31.6. The molecular weight excluding hydrogens is 601 g/mol. The summed E-state index contributed by atoms with van der Waals surface area (Å²) in [6.45, 7) is 4.69. The van der Waals surface area contributed by atoms with Crippen LogP contribution >= 0.6 is 0 Å². The van der Waals surface area contributed by atoms with E-state index in [1.54, 1.807) is 26.4 Å². The van der Waals surface area contributed by atoms with Crippen LogP contribution in [-0.4, -0.2) is 77.0 Å². The second-order valence-electron chi connectivity index (χ2n) is 13.2. The Kier molecular flexibility index (Phi) is 8.89. The lowest BCUT2D eigenvalue weighted by Crippen LogP contribution is -2.52. The molecule has 11 nitrogen and oxygen atoms in total. The number of nitrogens with one attached hydrogen (secondary N) is 3. The summed E-state index contributed by atoms with van der Waals surface area (Å²) in [6, 6.07) is 8.81. The van der Waals surface area contributed by atoms with Crippen LogP contribution in [0.15, 0.2) is 30.3 Å². The van der Waals surface area contributed by atoms with E-state index in [1.165, 1.54) is 0 Å². The number of aromatic nitrogens is 4. The van der Waals surface area contributed by atoms with Gasteiger partial charge in [0.25, 0.3) is 5.91 Å². The highest BCUT2D eigenvalue weighted by molar-refractivity contribution is 6.00. The summed E-state index contributed by atoms with van der Waals surface area (Å²) >= 11 is 0. The lowest BCUT2D eigenvalue weighted by atomic mass is 10.0. The molecular formula is C35H44FN7O4. The van der Waals surface area contributed by atoms with Crippen molar-refractivity contribution in [3.63, 3.8) is 0 Å². The van der Waals surface area contributed by atoms with Gasteiger partial charge in [0, 0.05) is 43.6 Å².